The monoisotopic (exact) mass is 750 g/mol. The molecular formula is C49H30N6OS. The molecule has 268 valence electrons. The van der Waals surface area contributed by atoms with Gasteiger partial charge in [-0.25, -0.2) is 24.9 Å². The van der Waals surface area contributed by atoms with Crippen LogP contribution in [0.25, 0.3) is 110 Å². The molecule has 0 amide bonds. The summed E-state index contributed by atoms with van der Waals surface area (Å²) in [5.74, 6) is 2.50. The first kappa shape index (κ1) is 32.8. The Morgan fingerprint density at radius 2 is 1.05 bits per heavy atom. The summed E-state index contributed by atoms with van der Waals surface area (Å²) in [6.45, 7) is 0. The number of fused-ring (bicyclic) bond motifs is 6. The molecule has 0 spiro atoms. The number of aromatic nitrogens is 5. The summed E-state index contributed by atoms with van der Waals surface area (Å²) in [4.78, 5) is 25.5. The van der Waals surface area contributed by atoms with Crippen LogP contribution in [0.3, 0.4) is 0 Å². The zero-order valence-corrected chi connectivity index (χ0v) is 31.1. The summed E-state index contributed by atoms with van der Waals surface area (Å²) >= 11 is 1.73. The van der Waals surface area contributed by atoms with Gasteiger partial charge in [0.2, 0.25) is 0 Å². The maximum absolute atomic E-state index is 6.47. The highest BCUT2D eigenvalue weighted by molar-refractivity contribution is 7.26. The lowest BCUT2D eigenvalue weighted by molar-refractivity contribution is 0.667. The lowest BCUT2D eigenvalue weighted by Gasteiger charge is -2.10. The molecule has 0 aliphatic carbocycles. The van der Waals surface area contributed by atoms with Gasteiger partial charge < -0.3 is 10.2 Å². The lowest BCUT2D eigenvalue weighted by atomic mass is 10.00. The third kappa shape index (κ3) is 5.70. The van der Waals surface area contributed by atoms with E-state index in [0.29, 0.717) is 28.9 Å². The van der Waals surface area contributed by atoms with E-state index in [1.807, 2.05) is 115 Å². The molecule has 2 N–H and O–H groups in total. The Morgan fingerprint density at radius 1 is 0.421 bits per heavy atom. The van der Waals surface area contributed by atoms with Crippen LogP contribution >= 0.6 is 11.3 Å². The fourth-order valence-corrected chi connectivity index (χ4v) is 8.76. The topological polar surface area (TPSA) is 104 Å². The highest BCUT2D eigenvalue weighted by Gasteiger charge is 2.21. The molecule has 0 fully saturated rings. The Hall–Kier alpha value is -7.55. The molecule has 0 radical (unpaired) electrons. The molecule has 11 aromatic rings. The van der Waals surface area contributed by atoms with Crippen LogP contribution in [0.5, 0.6) is 0 Å². The second kappa shape index (κ2) is 13.3. The summed E-state index contributed by atoms with van der Waals surface area (Å²) < 4.78 is 8.72. The predicted molar refractivity (Wildman–Crippen MR) is 233 cm³/mol. The number of benzene rings is 7. The number of hydrogen-bond acceptors (Lipinski definition) is 8. The second-order valence-electron chi connectivity index (χ2n) is 13.9. The first-order chi connectivity index (χ1) is 28.1. The van der Waals surface area contributed by atoms with Gasteiger partial charge >= 0.3 is 0 Å². The molecule has 7 nitrogen and oxygen atoms in total. The molecule has 7 aromatic carbocycles. The highest BCUT2D eigenvalue weighted by atomic mass is 32.1. The molecule has 0 aliphatic heterocycles. The Labute approximate surface area is 330 Å². The van der Waals surface area contributed by atoms with E-state index in [9.17, 15) is 0 Å². The molecular weight excluding hydrogens is 721 g/mol. The van der Waals surface area contributed by atoms with Crippen LogP contribution in [0.1, 0.15) is 0 Å². The van der Waals surface area contributed by atoms with E-state index >= 15 is 0 Å². The molecule has 0 bridgehead atoms. The van der Waals surface area contributed by atoms with E-state index in [4.69, 9.17) is 35.1 Å². The first-order valence-electron chi connectivity index (χ1n) is 18.6. The largest absolute Gasteiger partial charge is 0.452 e. The number of rotatable bonds is 6. The van der Waals surface area contributed by atoms with Gasteiger partial charge in [0, 0.05) is 64.6 Å². The van der Waals surface area contributed by atoms with Gasteiger partial charge in [-0.3, -0.25) is 0 Å². The third-order valence-electron chi connectivity index (χ3n) is 10.3. The third-order valence-corrected chi connectivity index (χ3v) is 11.4. The van der Waals surface area contributed by atoms with Crippen molar-refractivity contribution in [3.05, 3.63) is 170 Å². The van der Waals surface area contributed by atoms with Crippen molar-refractivity contribution < 1.29 is 4.42 Å². The zero-order chi connectivity index (χ0) is 37.9. The van der Waals surface area contributed by atoms with Crippen LogP contribution in [-0.2, 0) is 0 Å². The molecule has 4 aromatic heterocycles. The van der Waals surface area contributed by atoms with Gasteiger partial charge in [0.25, 0.3) is 0 Å². The van der Waals surface area contributed by atoms with Crippen LogP contribution in [0.4, 0.5) is 5.69 Å². The summed E-state index contributed by atoms with van der Waals surface area (Å²) in [5.41, 5.74) is 16.6. The van der Waals surface area contributed by atoms with Crippen molar-refractivity contribution in [2.45, 2.75) is 0 Å². The van der Waals surface area contributed by atoms with E-state index in [1.54, 1.807) is 11.3 Å². The molecule has 0 aliphatic rings. The number of furan rings is 1. The maximum atomic E-state index is 6.47. The van der Waals surface area contributed by atoms with Crippen molar-refractivity contribution >= 4 is 59.3 Å². The summed E-state index contributed by atoms with van der Waals surface area (Å²) in [7, 11) is 0. The molecule has 57 heavy (non-hydrogen) atoms. The summed E-state index contributed by atoms with van der Waals surface area (Å²) in [6, 6.07) is 57.1. The van der Waals surface area contributed by atoms with Crippen LogP contribution in [0.15, 0.2) is 174 Å². The molecule has 11 rings (SSSR count). The second-order valence-corrected chi connectivity index (χ2v) is 15.0. The van der Waals surface area contributed by atoms with E-state index in [2.05, 4.69) is 54.6 Å². The minimum Gasteiger partial charge on any atom is -0.452 e. The quantitative estimate of drug-likeness (QED) is 0.169. The van der Waals surface area contributed by atoms with Crippen molar-refractivity contribution in [3.63, 3.8) is 0 Å². The van der Waals surface area contributed by atoms with E-state index < -0.39 is 0 Å². The van der Waals surface area contributed by atoms with Crippen molar-refractivity contribution in [2.75, 3.05) is 5.73 Å². The van der Waals surface area contributed by atoms with Gasteiger partial charge in [-0.15, -0.1) is 11.3 Å². The number of para-hydroxylation sites is 2. The summed E-state index contributed by atoms with van der Waals surface area (Å²) in [6.07, 6.45) is 0. The molecule has 0 saturated carbocycles. The lowest BCUT2D eigenvalue weighted by Crippen LogP contribution is -2.00. The van der Waals surface area contributed by atoms with Gasteiger partial charge in [0.05, 0.1) is 0 Å². The molecule has 0 atom stereocenters. The Morgan fingerprint density at radius 3 is 1.84 bits per heavy atom. The minimum absolute atomic E-state index is 0.616. The van der Waals surface area contributed by atoms with Gasteiger partial charge in [0.1, 0.15) is 16.8 Å². The minimum atomic E-state index is 0.616. The van der Waals surface area contributed by atoms with Crippen LogP contribution in [-0.4, -0.2) is 24.9 Å². The van der Waals surface area contributed by atoms with Crippen molar-refractivity contribution in [3.8, 4) is 67.9 Å². The smallest absolute Gasteiger partial charge is 0.180 e. The fourth-order valence-electron chi connectivity index (χ4n) is 7.59. The average Bonchev–Trinajstić information content (AvgIpc) is 3.85. The normalized spacial score (nSPS) is 11.6. The van der Waals surface area contributed by atoms with E-state index in [1.165, 1.54) is 0 Å². The zero-order valence-electron chi connectivity index (χ0n) is 30.3. The number of nitrogen functional groups attached to an aromatic ring is 1. The van der Waals surface area contributed by atoms with E-state index in [0.717, 1.165) is 87.0 Å². The molecule has 8 heteroatoms. The number of nitrogens with zero attached hydrogens (tertiary/aromatic N) is 5. The number of nitrogens with two attached hydrogens (primary N) is 1. The predicted octanol–water partition coefficient (Wildman–Crippen LogP) is 12.5. The molecule has 0 unspecified atom stereocenters. The highest BCUT2D eigenvalue weighted by Crippen LogP contribution is 2.42. The van der Waals surface area contributed by atoms with E-state index in [-0.39, 0.29) is 0 Å². The average molecular weight is 751 g/mol. The van der Waals surface area contributed by atoms with Gasteiger partial charge in [0.15, 0.2) is 28.9 Å². The first-order valence-corrected chi connectivity index (χ1v) is 19.4. The van der Waals surface area contributed by atoms with Crippen molar-refractivity contribution in [2.24, 2.45) is 0 Å². The number of anilines is 1. The standard InChI is InChI=1S/C49H30N6OS/c50-38-22-9-7-19-34(38)31-17-11-18-32(27-31)43-45-44(35-20-8-10-23-39(35)56-45)52-48(51-43)33-25-26-36-41(28-33)57-40-24-12-21-37(42(36)40)49-54-46(29-13-3-1-4-14-29)53-47(55-49)30-15-5-2-6-16-30/h1-28H,50H2. The molecule has 4 heterocycles. The molecule has 0 saturated heterocycles. The Bertz CT molecular complexity index is 3260. The van der Waals surface area contributed by atoms with Crippen LogP contribution < -0.4 is 5.73 Å². The van der Waals surface area contributed by atoms with Gasteiger partial charge in [-0.05, 0) is 42.0 Å². The van der Waals surface area contributed by atoms with Gasteiger partial charge in [-0.2, -0.15) is 0 Å². The van der Waals surface area contributed by atoms with Crippen molar-refractivity contribution in [1.82, 2.24) is 24.9 Å². The van der Waals surface area contributed by atoms with Crippen LogP contribution in [0.2, 0.25) is 0 Å². The summed E-state index contributed by atoms with van der Waals surface area (Å²) in [5, 5.41) is 3.15. The maximum Gasteiger partial charge on any atom is 0.180 e. The fraction of sp³-hybridized carbons (Fsp3) is 0. The Kier molecular flexibility index (Phi) is 7.68. The van der Waals surface area contributed by atoms with Crippen LogP contribution in [0, 0.1) is 0 Å². The number of hydrogen-bond donors (Lipinski definition) is 1. The number of thiophene rings is 1. The van der Waals surface area contributed by atoms with Gasteiger partial charge in [-0.1, -0.05) is 133 Å². The SMILES string of the molecule is Nc1ccccc1-c1cccc(-c2nc(-c3ccc4c(c3)sc3cccc(-c5nc(-c6ccccc6)nc(-c6ccccc6)n5)c34)nc3c2oc2ccccc23)c1. The Balaban J connectivity index is 1.08. The van der Waals surface area contributed by atoms with Crippen molar-refractivity contribution in [1.29, 1.82) is 0 Å².